The summed E-state index contributed by atoms with van der Waals surface area (Å²) >= 11 is 0. The first-order chi connectivity index (χ1) is 17.7. The van der Waals surface area contributed by atoms with Crippen LogP contribution in [0.3, 0.4) is 0 Å². The average Bonchev–Trinajstić information content (AvgIpc) is 3.36. The van der Waals surface area contributed by atoms with Gasteiger partial charge in [0.25, 0.3) is 5.91 Å². The van der Waals surface area contributed by atoms with E-state index in [9.17, 15) is 45.8 Å². The van der Waals surface area contributed by atoms with Crippen molar-refractivity contribution >= 4 is 24.0 Å². The lowest BCUT2D eigenvalue weighted by Crippen LogP contribution is -2.60. The van der Waals surface area contributed by atoms with E-state index in [1.54, 1.807) is 0 Å². The van der Waals surface area contributed by atoms with Gasteiger partial charge in [-0.1, -0.05) is 0 Å². The number of hydrogen-bond acceptors (Lipinski definition) is 7. The molecule has 0 unspecified atom stereocenters. The average molecular weight is 547 g/mol. The lowest BCUT2D eigenvalue weighted by Gasteiger charge is -2.37. The fraction of sp³-hybridized carbons (Fsp3) is 0.381. The number of benzene rings is 1. The highest BCUT2D eigenvalue weighted by atomic mass is 19.4. The molecule has 0 bridgehead atoms. The first kappa shape index (κ1) is 27.1. The van der Waals surface area contributed by atoms with Crippen molar-refractivity contribution in [3.63, 3.8) is 0 Å². The number of rotatable bonds is 6. The number of hydrogen-bond donors (Lipinski definition) is 2. The largest absolute Gasteiger partial charge is 0.416 e. The quantitative estimate of drug-likeness (QED) is 0.315. The number of imide groups is 1. The maximum Gasteiger partial charge on any atom is 0.416 e. The van der Waals surface area contributed by atoms with Gasteiger partial charge in [-0.25, -0.2) is 19.4 Å². The first-order valence-corrected chi connectivity index (χ1v) is 10.9. The smallest absolute Gasteiger partial charge is 0.395 e. The molecule has 0 atom stereocenters. The van der Waals surface area contributed by atoms with Crippen molar-refractivity contribution in [2.75, 3.05) is 32.8 Å². The number of aliphatic hydroxyl groups is 1. The van der Waals surface area contributed by atoms with Gasteiger partial charge in [-0.05, 0) is 18.2 Å². The molecule has 2 aliphatic heterocycles. The molecule has 1 aromatic heterocycles. The van der Waals surface area contributed by atoms with Gasteiger partial charge < -0.3 is 15.7 Å². The van der Waals surface area contributed by atoms with Crippen molar-refractivity contribution in [1.82, 2.24) is 29.5 Å². The number of β-amino-alcohol motifs (C(OH)–C–C–N with tert-alkyl or cyclic N) is 1. The molecule has 2 saturated heterocycles. The van der Waals surface area contributed by atoms with Gasteiger partial charge in [0.2, 0.25) is 5.91 Å². The number of halogens is 6. The second kappa shape index (κ2) is 9.71. The van der Waals surface area contributed by atoms with E-state index in [1.807, 2.05) is 0 Å². The normalized spacial score (nSPS) is 18.1. The third-order valence-corrected chi connectivity index (χ3v) is 5.71. The fourth-order valence-electron chi connectivity index (χ4n) is 3.80. The minimum absolute atomic E-state index is 0.0399. The highest BCUT2D eigenvalue weighted by Gasteiger charge is 2.43. The van der Waals surface area contributed by atoms with Crippen molar-refractivity contribution in [3.8, 4) is 11.4 Å². The predicted molar refractivity (Wildman–Crippen MR) is 115 cm³/mol. The summed E-state index contributed by atoms with van der Waals surface area (Å²) in [5.41, 5.74) is 1.56. The topological polar surface area (TPSA) is 138 Å². The molecular weight excluding hydrogens is 528 g/mol. The van der Waals surface area contributed by atoms with Gasteiger partial charge in [0, 0.05) is 24.7 Å². The zero-order chi connectivity index (χ0) is 28.0. The van der Waals surface area contributed by atoms with Gasteiger partial charge in [-0.3, -0.25) is 14.5 Å². The third kappa shape index (κ3) is 5.33. The maximum atomic E-state index is 13.2. The van der Waals surface area contributed by atoms with E-state index in [0.29, 0.717) is 17.0 Å². The van der Waals surface area contributed by atoms with Crippen LogP contribution in [-0.4, -0.2) is 91.2 Å². The van der Waals surface area contributed by atoms with E-state index in [1.165, 1.54) is 4.90 Å². The zero-order valence-corrected chi connectivity index (χ0v) is 19.2. The molecule has 17 heteroatoms. The summed E-state index contributed by atoms with van der Waals surface area (Å²) in [5, 5.41) is 13.1. The molecule has 4 rings (SSSR count). The van der Waals surface area contributed by atoms with Crippen LogP contribution in [0.5, 0.6) is 0 Å². The first-order valence-electron chi connectivity index (χ1n) is 10.9. The van der Waals surface area contributed by atoms with Crippen LogP contribution in [0.25, 0.3) is 17.6 Å². The van der Waals surface area contributed by atoms with Gasteiger partial charge in [0.1, 0.15) is 18.6 Å². The second-order valence-corrected chi connectivity index (χ2v) is 8.47. The molecular formula is C21H19F6N7O4. The second-order valence-electron chi connectivity index (χ2n) is 8.47. The van der Waals surface area contributed by atoms with Crippen molar-refractivity contribution in [2.45, 2.75) is 18.4 Å². The van der Waals surface area contributed by atoms with Crippen molar-refractivity contribution in [1.29, 1.82) is 0 Å². The Morgan fingerprint density at radius 2 is 1.66 bits per heavy atom. The molecule has 204 valence electrons. The Morgan fingerprint density at radius 3 is 2.18 bits per heavy atom. The van der Waals surface area contributed by atoms with Crippen molar-refractivity contribution < 1.29 is 45.8 Å². The van der Waals surface area contributed by atoms with Crippen LogP contribution in [0.2, 0.25) is 0 Å². The Balaban J connectivity index is 1.64. The van der Waals surface area contributed by atoms with Crippen molar-refractivity contribution in [3.05, 3.63) is 41.4 Å². The van der Waals surface area contributed by atoms with Crippen molar-refractivity contribution in [2.24, 2.45) is 5.73 Å². The van der Waals surface area contributed by atoms with Crippen LogP contribution in [0, 0.1) is 0 Å². The summed E-state index contributed by atoms with van der Waals surface area (Å²) in [6.07, 6.45) is -8.30. The highest BCUT2D eigenvalue weighted by Crippen LogP contribution is 2.38. The number of alkyl halides is 6. The van der Waals surface area contributed by atoms with Crippen LogP contribution in [0.1, 0.15) is 11.1 Å². The van der Waals surface area contributed by atoms with Crippen LogP contribution in [-0.2, 0) is 21.9 Å². The van der Waals surface area contributed by atoms with Crippen LogP contribution in [0.15, 0.2) is 30.2 Å². The number of nitrogens with two attached hydrogens (primary N) is 1. The Labute approximate surface area is 209 Å². The highest BCUT2D eigenvalue weighted by molar-refractivity contribution is 6.14. The summed E-state index contributed by atoms with van der Waals surface area (Å²) in [6.45, 7) is -1.00. The number of nitrogens with zero attached hydrogens (tertiary/aromatic N) is 6. The van der Waals surface area contributed by atoms with Crippen LogP contribution < -0.4 is 5.73 Å². The van der Waals surface area contributed by atoms with Gasteiger partial charge in [0.05, 0.1) is 30.5 Å². The summed E-state index contributed by atoms with van der Waals surface area (Å²) in [5.74, 6) is -1.99. The molecule has 2 aliphatic rings. The molecule has 3 heterocycles. The molecule has 4 amide bonds. The number of aromatic nitrogens is 3. The number of urea groups is 1. The summed E-state index contributed by atoms with van der Waals surface area (Å²) in [4.78, 5) is 44.6. The molecule has 0 spiro atoms. The monoisotopic (exact) mass is 547 g/mol. The summed E-state index contributed by atoms with van der Waals surface area (Å²) in [6, 6.07) is -0.280. The predicted octanol–water partition coefficient (Wildman–Crippen LogP) is 1.21. The molecule has 2 fully saturated rings. The summed E-state index contributed by atoms with van der Waals surface area (Å²) in [7, 11) is 0. The Bertz CT molecular complexity index is 1270. The minimum atomic E-state index is -5.08. The number of aliphatic hydroxyl groups excluding tert-OH is 1. The Hall–Kier alpha value is -3.99. The molecule has 38 heavy (non-hydrogen) atoms. The SMILES string of the molecule is NC1CN(C(=O)CN2C(=O)/C(=C/n3cnc(-c4cc(C(F)(F)F)cc(C(F)(F)F)c4)n3)N(CCO)C2=O)C1. The number of likely N-dealkylation sites (tertiary alicyclic amines) is 1. The van der Waals surface area contributed by atoms with Gasteiger partial charge in [-0.2, -0.15) is 26.3 Å². The number of carbonyl (C=O) groups excluding carboxylic acids is 3. The van der Waals surface area contributed by atoms with E-state index in [0.717, 1.165) is 22.1 Å². The van der Waals surface area contributed by atoms with E-state index >= 15 is 0 Å². The molecule has 0 radical (unpaired) electrons. The Morgan fingerprint density at radius 1 is 1.05 bits per heavy atom. The lowest BCUT2D eigenvalue weighted by atomic mass is 10.0. The van der Waals surface area contributed by atoms with E-state index in [2.05, 4.69) is 10.1 Å². The molecule has 1 aromatic carbocycles. The van der Waals surface area contributed by atoms with Gasteiger partial charge >= 0.3 is 18.4 Å². The fourth-order valence-corrected chi connectivity index (χ4v) is 3.80. The zero-order valence-electron chi connectivity index (χ0n) is 19.2. The van der Waals surface area contributed by atoms with Crippen LogP contribution in [0.4, 0.5) is 31.1 Å². The van der Waals surface area contributed by atoms with Gasteiger partial charge in [0.15, 0.2) is 5.82 Å². The minimum Gasteiger partial charge on any atom is -0.395 e. The molecule has 3 N–H and O–H groups in total. The standard InChI is InChI=1S/C21H19F6N7O4/c22-20(23,24)12-3-11(4-13(5-12)21(25,26)27)17-29-10-32(30-17)8-15-18(37)34(19(38)33(15)1-2-35)9-16(36)31-6-14(28)7-31/h3-5,8,10,14,35H,1-2,6-7,9,28H2/b15-8-. The van der Waals surface area contributed by atoms with E-state index in [-0.39, 0.29) is 37.4 Å². The molecule has 11 nitrogen and oxygen atoms in total. The lowest BCUT2D eigenvalue weighted by molar-refractivity contribution is -0.143. The van der Waals surface area contributed by atoms with E-state index in [4.69, 9.17) is 5.73 Å². The molecule has 0 saturated carbocycles. The number of amides is 4. The van der Waals surface area contributed by atoms with Gasteiger partial charge in [-0.15, -0.1) is 5.10 Å². The summed E-state index contributed by atoms with van der Waals surface area (Å²) < 4.78 is 79.9. The molecule has 0 aliphatic carbocycles. The maximum absolute atomic E-state index is 13.2. The number of carbonyl (C=O) groups is 3. The van der Waals surface area contributed by atoms with E-state index < -0.39 is 65.9 Å². The third-order valence-electron chi connectivity index (χ3n) is 5.71. The Kier molecular flexibility index (Phi) is 6.92. The van der Waals surface area contributed by atoms with Crippen LogP contribution >= 0.6 is 0 Å². The molecule has 2 aromatic rings.